The van der Waals surface area contributed by atoms with Crippen molar-refractivity contribution < 1.29 is 19.1 Å². The standard InChI is InChI=1S/C28H29N3O4S/c1-34-23-12-8-20(9-13-23)16-17-30-25(18-26(32)29-22-10-14-24(35-2)15-11-22)27(33)31(28(30)36)19-21-6-4-3-5-7-21/h3-15,25H,16-19H2,1-2H3,(H,29,32)/t25-/m0/s1. The zero-order valence-electron chi connectivity index (χ0n) is 20.3. The second-order valence-electron chi connectivity index (χ2n) is 8.48. The minimum absolute atomic E-state index is 0.00109. The summed E-state index contributed by atoms with van der Waals surface area (Å²) in [6.07, 6.45) is 0.673. The Morgan fingerprint density at radius 2 is 1.50 bits per heavy atom. The summed E-state index contributed by atoms with van der Waals surface area (Å²) >= 11 is 5.75. The van der Waals surface area contributed by atoms with Crippen molar-refractivity contribution in [3.63, 3.8) is 0 Å². The van der Waals surface area contributed by atoms with Crippen molar-refractivity contribution in [2.75, 3.05) is 26.1 Å². The van der Waals surface area contributed by atoms with Gasteiger partial charge in [0.2, 0.25) is 5.91 Å². The summed E-state index contributed by atoms with van der Waals surface area (Å²) < 4.78 is 10.4. The van der Waals surface area contributed by atoms with E-state index in [9.17, 15) is 9.59 Å². The summed E-state index contributed by atoms with van der Waals surface area (Å²) in [4.78, 5) is 29.9. The molecule has 2 amide bonds. The molecule has 1 atom stereocenters. The third-order valence-corrected chi connectivity index (χ3v) is 6.60. The first kappa shape index (κ1) is 25.2. The summed E-state index contributed by atoms with van der Waals surface area (Å²) in [7, 11) is 3.22. The van der Waals surface area contributed by atoms with Crippen LogP contribution in [0.5, 0.6) is 11.5 Å². The molecule has 36 heavy (non-hydrogen) atoms. The van der Waals surface area contributed by atoms with Crippen molar-refractivity contribution >= 4 is 34.8 Å². The molecular formula is C28H29N3O4S. The number of anilines is 1. The maximum absolute atomic E-state index is 13.5. The normalized spacial score (nSPS) is 15.2. The zero-order chi connectivity index (χ0) is 25.5. The fourth-order valence-electron chi connectivity index (χ4n) is 4.16. The van der Waals surface area contributed by atoms with Crippen LogP contribution in [0.4, 0.5) is 5.69 Å². The Morgan fingerprint density at radius 3 is 2.11 bits per heavy atom. The van der Waals surface area contributed by atoms with Gasteiger partial charge in [0.1, 0.15) is 17.5 Å². The maximum Gasteiger partial charge on any atom is 0.252 e. The lowest BCUT2D eigenvalue weighted by Gasteiger charge is -2.24. The lowest BCUT2D eigenvalue weighted by molar-refractivity contribution is -0.131. The zero-order valence-corrected chi connectivity index (χ0v) is 21.2. The molecular weight excluding hydrogens is 474 g/mol. The van der Waals surface area contributed by atoms with Crippen LogP contribution in [0.15, 0.2) is 78.9 Å². The number of nitrogens with one attached hydrogen (secondary N) is 1. The number of amides is 2. The Morgan fingerprint density at radius 1 is 0.889 bits per heavy atom. The predicted molar refractivity (Wildman–Crippen MR) is 143 cm³/mol. The van der Waals surface area contributed by atoms with Gasteiger partial charge in [-0.05, 0) is 66.2 Å². The van der Waals surface area contributed by atoms with E-state index in [1.165, 1.54) is 0 Å². The molecule has 0 aliphatic carbocycles. The molecule has 3 aromatic carbocycles. The molecule has 0 aromatic heterocycles. The molecule has 0 saturated carbocycles. The molecule has 1 fully saturated rings. The first-order valence-corrected chi connectivity index (χ1v) is 12.1. The monoisotopic (exact) mass is 503 g/mol. The summed E-state index contributed by atoms with van der Waals surface area (Å²) in [6.45, 7) is 0.886. The van der Waals surface area contributed by atoms with E-state index in [2.05, 4.69) is 5.32 Å². The molecule has 7 nitrogen and oxygen atoms in total. The summed E-state index contributed by atoms with van der Waals surface area (Å²) in [6, 6.07) is 23.9. The van der Waals surface area contributed by atoms with Gasteiger partial charge in [-0.1, -0.05) is 42.5 Å². The second kappa shape index (κ2) is 11.7. The van der Waals surface area contributed by atoms with Crippen LogP contribution >= 0.6 is 12.2 Å². The van der Waals surface area contributed by atoms with Gasteiger partial charge in [0.25, 0.3) is 5.91 Å². The first-order chi connectivity index (χ1) is 17.5. The number of benzene rings is 3. The smallest absolute Gasteiger partial charge is 0.252 e. The lowest BCUT2D eigenvalue weighted by Crippen LogP contribution is -2.39. The Balaban J connectivity index is 1.49. The average molecular weight is 504 g/mol. The van der Waals surface area contributed by atoms with Crippen molar-refractivity contribution in [2.45, 2.75) is 25.4 Å². The summed E-state index contributed by atoms with van der Waals surface area (Å²) in [5, 5.41) is 3.32. The van der Waals surface area contributed by atoms with E-state index in [0.29, 0.717) is 36.1 Å². The van der Waals surface area contributed by atoms with Crippen molar-refractivity contribution in [3.05, 3.63) is 90.0 Å². The van der Waals surface area contributed by atoms with Crippen LogP contribution in [-0.4, -0.2) is 53.5 Å². The highest BCUT2D eigenvalue weighted by molar-refractivity contribution is 7.80. The van der Waals surface area contributed by atoms with Crippen LogP contribution in [0.25, 0.3) is 0 Å². The third-order valence-electron chi connectivity index (χ3n) is 6.14. The van der Waals surface area contributed by atoms with Crippen LogP contribution in [-0.2, 0) is 22.6 Å². The van der Waals surface area contributed by atoms with Crippen LogP contribution in [0, 0.1) is 0 Å². The Kier molecular flexibility index (Phi) is 8.17. The Hall–Kier alpha value is -3.91. The van der Waals surface area contributed by atoms with Crippen LogP contribution in [0.3, 0.4) is 0 Å². The lowest BCUT2D eigenvalue weighted by atomic mass is 10.1. The fraction of sp³-hybridized carbons (Fsp3) is 0.250. The van der Waals surface area contributed by atoms with Gasteiger partial charge in [-0.25, -0.2) is 0 Å². The second-order valence-corrected chi connectivity index (χ2v) is 8.85. The highest BCUT2D eigenvalue weighted by atomic mass is 32.1. The molecule has 1 heterocycles. The van der Waals surface area contributed by atoms with E-state index in [1.54, 1.807) is 43.4 Å². The van der Waals surface area contributed by atoms with Crippen molar-refractivity contribution in [1.29, 1.82) is 0 Å². The fourth-order valence-corrected chi connectivity index (χ4v) is 4.53. The van der Waals surface area contributed by atoms with Crippen LogP contribution in [0.1, 0.15) is 17.5 Å². The van der Waals surface area contributed by atoms with Crippen molar-refractivity contribution in [3.8, 4) is 11.5 Å². The van der Waals surface area contributed by atoms with E-state index in [1.807, 2.05) is 59.5 Å². The minimum Gasteiger partial charge on any atom is -0.497 e. The quantitative estimate of drug-likeness (QED) is 0.417. The van der Waals surface area contributed by atoms with E-state index in [0.717, 1.165) is 16.9 Å². The van der Waals surface area contributed by atoms with Gasteiger partial charge in [0, 0.05) is 12.2 Å². The molecule has 8 heteroatoms. The van der Waals surface area contributed by atoms with E-state index < -0.39 is 6.04 Å². The number of methoxy groups -OCH3 is 2. The van der Waals surface area contributed by atoms with Gasteiger partial charge in [-0.3, -0.25) is 14.5 Å². The largest absolute Gasteiger partial charge is 0.497 e. The minimum atomic E-state index is -0.669. The third kappa shape index (κ3) is 6.01. The van der Waals surface area contributed by atoms with Crippen LogP contribution in [0.2, 0.25) is 0 Å². The van der Waals surface area contributed by atoms with E-state index >= 15 is 0 Å². The van der Waals surface area contributed by atoms with Gasteiger partial charge in [-0.15, -0.1) is 0 Å². The van der Waals surface area contributed by atoms with Gasteiger partial charge < -0.3 is 19.7 Å². The number of ether oxygens (including phenoxy) is 2. The van der Waals surface area contributed by atoms with E-state index in [4.69, 9.17) is 21.7 Å². The number of hydrogen-bond donors (Lipinski definition) is 1. The number of carbonyl (C=O) groups is 2. The van der Waals surface area contributed by atoms with Crippen molar-refractivity contribution in [1.82, 2.24) is 9.80 Å². The SMILES string of the molecule is COc1ccc(CCN2C(=S)N(Cc3ccccc3)C(=O)[C@@H]2CC(=O)Nc2ccc(OC)cc2)cc1. The number of nitrogens with zero attached hydrogens (tertiary/aromatic N) is 2. The molecule has 186 valence electrons. The number of rotatable bonds is 10. The molecule has 1 aliphatic heterocycles. The number of hydrogen-bond acceptors (Lipinski definition) is 5. The molecule has 1 saturated heterocycles. The molecule has 0 radical (unpaired) electrons. The average Bonchev–Trinajstić information content (AvgIpc) is 3.12. The van der Waals surface area contributed by atoms with E-state index in [-0.39, 0.29) is 18.2 Å². The van der Waals surface area contributed by atoms with Crippen LogP contribution < -0.4 is 14.8 Å². The Bertz CT molecular complexity index is 1200. The summed E-state index contributed by atoms with van der Waals surface area (Å²) in [5.41, 5.74) is 2.71. The molecule has 0 spiro atoms. The number of thiocarbonyl (C=S) groups is 1. The predicted octanol–water partition coefficient (Wildman–Crippen LogP) is 4.27. The van der Waals surface area contributed by atoms with Gasteiger partial charge >= 0.3 is 0 Å². The summed E-state index contributed by atoms with van der Waals surface area (Å²) in [5.74, 6) is 1.07. The highest BCUT2D eigenvalue weighted by Crippen LogP contribution is 2.25. The molecule has 0 bridgehead atoms. The molecule has 4 rings (SSSR count). The molecule has 1 aliphatic rings. The Labute approximate surface area is 216 Å². The van der Waals surface area contributed by atoms with Crippen molar-refractivity contribution in [2.24, 2.45) is 0 Å². The maximum atomic E-state index is 13.5. The molecule has 0 unspecified atom stereocenters. The first-order valence-electron chi connectivity index (χ1n) is 11.7. The molecule has 1 N–H and O–H groups in total. The van der Waals surface area contributed by atoms with Gasteiger partial charge in [0.05, 0.1) is 27.2 Å². The van der Waals surface area contributed by atoms with Gasteiger partial charge in [0.15, 0.2) is 5.11 Å². The van der Waals surface area contributed by atoms with Gasteiger partial charge in [-0.2, -0.15) is 0 Å². The highest BCUT2D eigenvalue weighted by Gasteiger charge is 2.43. The molecule has 3 aromatic rings. The topological polar surface area (TPSA) is 71.1 Å². The number of carbonyl (C=O) groups excluding carboxylic acids is 2.